The Kier molecular flexibility index (Phi) is 5.99. The summed E-state index contributed by atoms with van der Waals surface area (Å²) >= 11 is 1.38. The number of hydrogen-bond donors (Lipinski definition) is 0. The van der Waals surface area contributed by atoms with Crippen molar-refractivity contribution in [2.75, 3.05) is 14.2 Å². The first-order valence-electron chi connectivity index (χ1n) is 8.87. The summed E-state index contributed by atoms with van der Waals surface area (Å²) in [5, 5.41) is 2.35. The fraction of sp³-hybridized carbons (Fsp3) is 0.350. The normalized spacial score (nSPS) is 12.0. The third-order valence-electron chi connectivity index (χ3n) is 4.46. The van der Waals surface area contributed by atoms with Crippen molar-refractivity contribution >= 4 is 27.5 Å². The van der Waals surface area contributed by atoms with Crippen LogP contribution in [0.5, 0.6) is 11.5 Å². The fourth-order valence-corrected chi connectivity index (χ4v) is 3.69. The Morgan fingerprint density at radius 2 is 2.00 bits per heavy atom. The monoisotopic (exact) mass is 402 g/mol. The number of rotatable bonds is 7. The van der Waals surface area contributed by atoms with Gasteiger partial charge in [0, 0.05) is 10.9 Å². The van der Waals surface area contributed by atoms with Crippen molar-refractivity contribution in [3.8, 4) is 22.6 Å². The van der Waals surface area contributed by atoms with Gasteiger partial charge < -0.3 is 14.2 Å². The highest BCUT2D eigenvalue weighted by Gasteiger charge is 2.17. The minimum atomic E-state index is -0.458. The predicted octanol–water partition coefficient (Wildman–Crippen LogP) is 3.48. The van der Waals surface area contributed by atoms with Gasteiger partial charge in [-0.05, 0) is 31.0 Å². The molecule has 0 saturated heterocycles. The molecule has 0 radical (unpaired) electrons. The molecule has 2 aromatic heterocycles. The number of ether oxygens (including phenoxy) is 3. The van der Waals surface area contributed by atoms with Gasteiger partial charge in [-0.1, -0.05) is 13.0 Å². The molecule has 0 aliphatic heterocycles. The smallest absolute Gasteiger partial charge is 0.326 e. The molecule has 0 bridgehead atoms. The van der Waals surface area contributed by atoms with E-state index in [0.29, 0.717) is 28.1 Å². The molecule has 2 heterocycles. The number of methoxy groups -OCH3 is 2. The van der Waals surface area contributed by atoms with Gasteiger partial charge >= 0.3 is 5.97 Å². The predicted molar refractivity (Wildman–Crippen MR) is 108 cm³/mol. The van der Waals surface area contributed by atoms with Crippen LogP contribution in [-0.2, 0) is 16.1 Å². The van der Waals surface area contributed by atoms with E-state index in [-0.39, 0.29) is 18.2 Å². The lowest BCUT2D eigenvalue weighted by atomic mass is 10.1. The summed E-state index contributed by atoms with van der Waals surface area (Å²) in [5.74, 6) is 0.718. The van der Waals surface area contributed by atoms with Crippen LogP contribution in [0.3, 0.4) is 0 Å². The van der Waals surface area contributed by atoms with E-state index in [1.54, 1.807) is 20.3 Å². The molecule has 7 nitrogen and oxygen atoms in total. The zero-order valence-electron chi connectivity index (χ0n) is 16.2. The minimum absolute atomic E-state index is 0.173. The van der Waals surface area contributed by atoms with Gasteiger partial charge in [0.25, 0.3) is 5.56 Å². The lowest BCUT2D eigenvalue weighted by Crippen LogP contribution is -2.27. The van der Waals surface area contributed by atoms with Crippen molar-refractivity contribution < 1.29 is 19.0 Å². The van der Waals surface area contributed by atoms with Gasteiger partial charge in [-0.2, -0.15) is 0 Å². The van der Waals surface area contributed by atoms with Crippen molar-refractivity contribution in [3.63, 3.8) is 0 Å². The van der Waals surface area contributed by atoms with Crippen molar-refractivity contribution in [1.82, 2.24) is 9.55 Å². The van der Waals surface area contributed by atoms with Crippen LogP contribution < -0.4 is 15.0 Å². The van der Waals surface area contributed by atoms with Gasteiger partial charge in [-0.25, -0.2) is 4.98 Å². The van der Waals surface area contributed by atoms with Crippen LogP contribution in [-0.4, -0.2) is 35.8 Å². The molecule has 0 saturated carbocycles. The van der Waals surface area contributed by atoms with Crippen LogP contribution in [0, 0.1) is 0 Å². The van der Waals surface area contributed by atoms with Crippen LogP contribution in [0.25, 0.3) is 21.3 Å². The first kappa shape index (κ1) is 19.9. The third kappa shape index (κ3) is 3.87. The number of thiophene rings is 1. The van der Waals surface area contributed by atoms with E-state index in [9.17, 15) is 9.59 Å². The van der Waals surface area contributed by atoms with Gasteiger partial charge in [0.05, 0.1) is 32.0 Å². The Morgan fingerprint density at radius 1 is 1.25 bits per heavy atom. The highest BCUT2D eigenvalue weighted by molar-refractivity contribution is 7.17. The number of esters is 1. The Balaban J connectivity index is 2.02. The molecule has 28 heavy (non-hydrogen) atoms. The number of aromatic nitrogens is 2. The first-order valence-corrected chi connectivity index (χ1v) is 9.75. The summed E-state index contributed by atoms with van der Waals surface area (Å²) in [7, 11) is 3.13. The van der Waals surface area contributed by atoms with E-state index >= 15 is 0 Å². The Bertz CT molecular complexity index is 1060. The van der Waals surface area contributed by atoms with E-state index in [4.69, 9.17) is 14.2 Å². The number of fused-ring (bicyclic) bond motifs is 1. The molecular weight excluding hydrogens is 380 g/mol. The highest BCUT2D eigenvalue weighted by atomic mass is 32.1. The van der Waals surface area contributed by atoms with Crippen LogP contribution in [0.2, 0.25) is 0 Å². The molecule has 3 rings (SSSR count). The van der Waals surface area contributed by atoms with E-state index in [0.717, 1.165) is 11.1 Å². The molecule has 0 aliphatic carbocycles. The van der Waals surface area contributed by atoms with Crippen molar-refractivity contribution in [2.45, 2.75) is 32.9 Å². The van der Waals surface area contributed by atoms with E-state index in [1.807, 2.05) is 31.4 Å². The van der Waals surface area contributed by atoms with Crippen LogP contribution in [0.1, 0.15) is 20.3 Å². The first-order chi connectivity index (χ1) is 13.5. The molecule has 0 N–H and O–H groups in total. The maximum absolute atomic E-state index is 13.0. The summed E-state index contributed by atoms with van der Waals surface area (Å²) in [6.07, 6.45) is 1.91. The summed E-state index contributed by atoms with van der Waals surface area (Å²) in [6.45, 7) is 3.57. The van der Waals surface area contributed by atoms with Crippen LogP contribution >= 0.6 is 11.3 Å². The van der Waals surface area contributed by atoms with Gasteiger partial charge in [-0.3, -0.25) is 14.2 Å². The minimum Gasteiger partial charge on any atom is -0.493 e. The van der Waals surface area contributed by atoms with Crippen molar-refractivity contribution in [3.05, 3.63) is 40.3 Å². The number of carbonyl (C=O) groups is 1. The second-order valence-electron chi connectivity index (χ2n) is 6.29. The molecule has 0 unspecified atom stereocenters. The Morgan fingerprint density at radius 3 is 2.68 bits per heavy atom. The SMILES string of the molecule is CC[C@@H](C)OC(=O)Cn1cnc2scc(-c3ccc(OC)c(OC)c3)c2c1=O. The maximum Gasteiger partial charge on any atom is 0.326 e. The molecular formula is C20H22N2O5S. The average Bonchev–Trinajstić information content (AvgIpc) is 3.14. The number of nitrogens with zero attached hydrogens (tertiary/aromatic N) is 2. The van der Waals surface area contributed by atoms with Gasteiger partial charge in [0.1, 0.15) is 11.4 Å². The highest BCUT2D eigenvalue weighted by Crippen LogP contribution is 2.36. The van der Waals surface area contributed by atoms with Gasteiger partial charge in [0.15, 0.2) is 11.5 Å². The zero-order chi connectivity index (χ0) is 20.3. The molecule has 0 fully saturated rings. The number of carbonyl (C=O) groups excluding carboxylic acids is 1. The second kappa shape index (κ2) is 8.43. The van der Waals surface area contributed by atoms with Crippen molar-refractivity contribution in [1.29, 1.82) is 0 Å². The lowest BCUT2D eigenvalue weighted by Gasteiger charge is -2.12. The molecule has 8 heteroatoms. The average molecular weight is 402 g/mol. The second-order valence-corrected chi connectivity index (χ2v) is 7.14. The van der Waals surface area contributed by atoms with Crippen molar-refractivity contribution in [2.24, 2.45) is 0 Å². The third-order valence-corrected chi connectivity index (χ3v) is 5.35. The lowest BCUT2D eigenvalue weighted by molar-refractivity contribution is -0.149. The molecule has 1 atom stereocenters. The number of hydrogen-bond acceptors (Lipinski definition) is 7. The van der Waals surface area contributed by atoms with E-state index in [2.05, 4.69) is 4.98 Å². The summed E-state index contributed by atoms with van der Waals surface area (Å²) in [5.41, 5.74) is 1.27. The zero-order valence-corrected chi connectivity index (χ0v) is 17.0. The Hall–Kier alpha value is -2.87. The summed E-state index contributed by atoms with van der Waals surface area (Å²) in [4.78, 5) is 30.0. The molecule has 1 aromatic carbocycles. The van der Waals surface area contributed by atoms with E-state index in [1.165, 1.54) is 22.2 Å². The Labute approximate surface area is 166 Å². The standard InChI is InChI=1S/C20H22N2O5S/c1-5-12(2)27-17(23)9-22-11-21-19-18(20(22)24)14(10-28-19)13-6-7-15(25-3)16(8-13)26-4/h6-8,10-12H,5,9H2,1-4H3/t12-/m1/s1. The maximum atomic E-state index is 13.0. The van der Waals surface area contributed by atoms with E-state index < -0.39 is 5.97 Å². The largest absolute Gasteiger partial charge is 0.493 e. The molecule has 3 aromatic rings. The van der Waals surface area contributed by atoms with Crippen LogP contribution in [0.4, 0.5) is 0 Å². The summed E-state index contributed by atoms with van der Waals surface area (Å²) < 4.78 is 17.2. The van der Waals surface area contributed by atoms with Gasteiger partial charge in [-0.15, -0.1) is 11.3 Å². The summed E-state index contributed by atoms with van der Waals surface area (Å²) in [6, 6.07) is 5.46. The quantitative estimate of drug-likeness (QED) is 0.563. The fourth-order valence-electron chi connectivity index (χ4n) is 2.78. The number of benzene rings is 1. The molecule has 0 amide bonds. The topological polar surface area (TPSA) is 79.7 Å². The van der Waals surface area contributed by atoms with Gasteiger partial charge in [0.2, 0.25) is 0 Å². The van der Waals surface area contributed by atoms with Crippen LogP contribution in [0.15, 0.2) is 34.7 Å². The molecule has 0 aliphatic rings. The molecule has 0 spiro atoms. The molecule has 148 valence electrons.